The Morgan fingerprint density at radius 1 is 1.21 bits per heavy atom. The summed E-state index contributed by atoms with van der Waals surface area (Å²) >= 11 is 0. The normalized spacial score (nSPS) is 31.5. The zero-order valence-electron chi connectivity index (χ0n) is 14.8. The smallest absolute Gasteiger partial charge is 0.249 e. The van der Waals surface area contributed by atoms with Gasteiger partial charge in [-0.3, -0.25) is 4.79 Å². The van der Waals surface area contributed by atoms with E-state index in [-0.39, 0.29) is 23.7 Å². The summed E-state index contributed by atoms with van der Waals surface area (Å²) in [6, 6.07) is 0.168. The van der Waals surface area contributed by atoms with Crippen LogP contribution in [0.25, 0.3) is 0 Å². The van der Waals surface area contributed by atoms with Crippen molar-refractivity contribution in [1.82, 2.24) is 5.32 Å². The van der Waals surface area contributed by atoms with Crippen molar-refractivity contribution in [3.05, 3.63) is 0 Å². The van der Waals surface area contributed by atoms with Gasteiger partial charge in [-0.1, -0.05) is 0 Å². The van der Waals surface area contributed by atoms with Gasteiger partial charge in [-0.05, 0) is 51.9 Å². The van der Waals surface area contributed by atoms with Gasteiger partial charge in [0, 0.05) is 32.5 Å². The highest BCUT2D eigenvalue weighted by atomic mass is 16.5. The number of rotatable bonds is 5. The fraction of sp³-hybridized carbons (Fsp3) is 0.944. The molecule has 1 amide bonds. The predicted octanol–water partition coefficient (Wildman–Crippen LogP) is 1.80. The van der Waals surface area contributed by atoms with E-state index in [4.69, 9.17) is 18.9 Å². The van der Waals surface area contributed by atoms with Crippen LogP contribution < -0.4 is 5.32 Å². The molecule has 138 valence electrons. The average molecular weight is 341 g/mol. The predicted molar refractivity (Wildman–Crippen MR) is 88.9 cm³/mol. The van der Waals surface area contributed by atoms with Crippen LogP contribution in [-0.4, -0.2) is 62.8 Å². The van der Waals surface area contributed by atoms with Gasteiger partial charge in [-0.15, -0.1) is 0 Å². The van der Waals surface area contributed by atoms with Crippen molar-refractivity contribution in [2.24, 2.45) is 0 Å². The van der Waals surface area contributed by atoms with E-state index >= 15 is 0 Å². The quantitative estimate of drug-likeness (QED) is 0.826. The molecule has 3 aliphatic heterocycles. The lowest BCUT2D eigenvalue weighted by atomic mass is 9.84. The van der Waals surface area contributed by atoms with Crippen molar-refractivity contribution in [1.29, 1.82) is 0 Å². The minimum atomic E-state index is -0.441. The number of carbonyl (C=O) groups is 1. The van der Waals surface area contributed by atoms with Gasteiger partial charge in [0.2, 0.25) is 5.91 Å². The van der Waals surface area contributed by atoms with Gasteiger partial charge in [0.1, 0.15) is 6.10 Å². The molecule has 6 nitrogen and oxygen atoms in total. The van der Waals surface area contributed by atoms with Crippen LogP contribution in [0.2, 0.25) is 0 Å². The number of carbonyl (C=O) groups excluding carboxylic acids is 1. The van der Waals surface area contributed by atoms with Gasteiger partial charge in [-0.2, -0.15) is 0 Å². The molecule has 3 saturated heterocycles. The van der Waals surface area contributed by atoms with Gasteiger partial charge < -0.3 is 24.3 Å². The van der Waals surface area contributed by atoms with Crippen molar-refractivity contribution >= 4 is 5.91 Å². The number of hydrogen-bond donors (Lipinski definition) is 1. The molecule has 0 unspecified atom stereocenters. The lowest BCUT2D eigenvalue weighted by molar-refractivity contribution is -0.148. The fourth-order valence-electron chi connectivity index (χ4n) is 3.83. The second-order valence-corrected chi connectivity index (χ2v) is 7.31. The Morgan fingerprint density at radius 3 is 2.79 bits per heavy atom. The van der Waals surface area contributed by atoms with Crippen molar-refractivity contribution in [2.45, 2.75) is 75.7 Å². The van der Waals surface area contributed by atoms with Crippen molar-refractivity contribution in [3.8, 4) is 0 Å². The topological polar surface area (TPSA) is 66.0 Å². The molecule has 1 N–H and O–H groups in total. The van der Waals surface area contributed by atoms with E-state index in [2.05, 4.69) is 5.32 Å². The first kappa shape index (κ1) is 18.1. The summed E-state index contributed by atoms with van der Waals surface area (Å²) < 4.78 is 22.9. The van der Waals surface area contributed by atoms with Gasteiger partial charge in [0.15, 0.2) is 0 Å². The Kier molecular flexibility index (Phi) is 6.49. The van der Waals surface area contributed by atoms with E-state index in [0.29, 0.717) is 13.2 Å². The molecule has 0 bridgehead atoms. The third-order valence-corrected chi connectivity index (χ3v) is 5.42. The Labute approximate surface area is 144 Å². The van der Waals surface area contributed by atoms with E-state index < -0.39 is 6.10 Å². The molecule has 0 aliphatic carbocycles. The van der Waals surface area contributed by atoms with Crippen LogP contribution in [0.1, 0.15) is 51.9 Å². The SMILES string of the molecule is C[C@H](OC[C@@H]1CCCCO1)C(=O)N[C@H]1CCOC2(CCOCC2)C1. The summed E-state index contributed by atoms with van der Waals surface area (Å²) in [6.07, 6.45) is 6.62. The fourth-order valence-corrected chi connectivity index (χ4v) is 3.83. The van der Waals surface area contributed by atoms with Crippen LogP contribution in [0.3, 0.4) is 0 Å². The molecule has 0 radical (unpaired) electrons. The number of amides is 1. The second kappa shape index (κ2) is 8.61. The lowest BCUT2D eigenvalue weighted by Crippen LogP contribution is -2.52. The van der Waals surface area contributed by atoms with Gasteiger partial charge in [0.05, 0.1) is 18.3 Å². The minimum absolute atomic E-state index is 0.0279. The van der Waals surface area contributed by atoms with E-state index in [9.17, 15) is 4.79 Å². The molecule has 3 atom stereocenters. The summed E-state index contributed by atoms with van der Waals surface area (Å²) in [5, 5.41) is 3.15. The van der Waals surface area contributed by atoms with Gasteiger partial charge in [0.25, 0.3) is 0 Å². The zero-order valence-corrected chi connectivity index (χ0v) is 14.8. The minimum Gasteiger partial charge on any atom is -0.381 e. The van der Waals surface area contributed by atoms with Crippen LogP contribution >= 0.6 is 0 Å². The third-order valence-electron chi connectivity index (χ3n) is 5.42. The Hall–Kier alpha value is -0.690. The van der Waals surface area contributed by atoms with Crippen molar-refractivity contribution in [2.75, 3.05) is 33.0 Å². The van der Waals surface area contributed by atoms with Crippen LogP contribution in [0.4, 0.5) is 0 Å². The van der Waals surface area contributed by atoms with Crippen LogP contribution in [0.5, 0.6) is 0 Å². The first-order valence-electron chi connectivity index (χ1n) is 9.42. The Morgan fingerprint density at radius 2 is 2.04 bits per heavy atom. The van der Waals surface area contributed by atoms with E-state index in [1.807, 2.05) is 6.92 Å². The summed E-state index contributed by atoms with van der Waals surface area (Å²) in [7, 11) is 0. The molecule has 0 aromatic carbocycles. The first-order valence-corrected chi connectivity index (χ1v) is 9.42. The molecule has 3 aliphatic rings. The highest BCUT2D eigenvalue weighted by Gasteiger charge is 2.39. The zero-order chi connectivity index (χ0) is 16.8. The van der Waals surface area contributed by atoms with Crippen LogP contribution in [-0.2, 0) is 23.7 Å². The largest absolute Gasteiger partial charge is 0.381 e. The molecule has 24 heavy (non-hydrogen) atoms. The maximum atomic E-state index is 12.4. The molecule has 3 rings (SSSR count). The number of ether oxygens (including phenoxy) is 4. The summed E-state index contributed by atoms with van der Waals surface area (Å²) in [5.74, 6) is -0.0279. The van der Waals surface area contributed by atoms with E-state index in [1.54, 1.807) is 0 Å². The molecular formula is C18H31NO5. The Balaban J connectivity index is 1.41. The number of nitrogens with one attached hydrogen (secondary N) is 1. The standard InChI is InChI=1S/C18H31NO5/c1-14(23-13-16-4-2-3-8-22-16)17(20)19-15-5-9-24-18(12-15)6-10-21-11-7-18/h14-16H,2-13H2,1H3,(H,19,20)/t14-,15-,16-/m0/s1. The monoisotopic (exact) mass is 341 g/mol. The van der Waals surface area contributed by atoms with Crippen LogP contribution in [0, 0.1) is 0 Å². The molecule has 0 saturated carbocycles. The average Bonchev–Trinajstić information content (AvgIpc) is 2.61. The molecule has 0 aromatic rings. The Bertz CT molecular complexity index is 399. The number of hydrogen-bond acceptors (Lipinski definition) is 5. The van der Waals surface area contributed by atoms with Crippen molar-refractivity contribution < 1.29 is 23.7 Å². The van der Waals surface area contributed by atoms with Gasteiger partial charge in [-0.25, -0.2) is 0 Å². The first-order chi connectivity index (χ1) is 11.7. The summed E-state index contributed by atoms with van der Waals surface area (Å²) in [6.45, 7) is 5.34. The molecular weight excluding hydrogens is 310 g/mol. The molecule has 3 heterocycles. The molecule has 0 aromatic heterocycles. The van der Waals surface area contributed by atoms with Crippen molar-refractivity contribution in [3.63, 3.8) is 0 Å². The second-order valence-electron chi connectivity index (χ2n) is 7.31. The summed E-state index contributed by atoms with van der Waals surface area (Å²) in [4.78, 5) is 12.4. The lowest BCUT2D eigenvalue weighted by Gasteiger charge is -2.43. The highest BCUT2D eigenvalue weighted by Crippen LogP contribution is 2.34. The van der Waals surface area contributed by atoms with E-state index in [0.717, 1.165) is 58.3 Å². The highest BCUT2D eigenvalue weighted by molar-refractivity contribution is 5.80. The molecule has 3 fully saturated rings. The molecule has 6 heteroatoms. The molecule has 1 spiro atoms. The van der Waals surface area contributed by atoms with Gasteiger partial charge >= 0.3 is 0 Å². The van der Waals surface area contributed by atoms with Crippen LogP contribution in [0.15, 0.2) is 0 Å². The third kappa shape index (κ3) is 4.91. The maximum absolute atomic E-state index is 12.4. The maximum Gasteiger partial charge on any atom is 0.249 e. The van der Waals surface area contributed by atoms with E-state index in [1.165, 1.54) is 6.42 Å². The summed E-state index contributed by atoms with van der Waals surface area (Å²) in [5.41, 5.74) is -0.103.